The van der Waals surface area contributed by atoms with E-state index in [-0.39, 0.29) is 11.9 Å². The summed E-state index contributed by atoms with van der Waals surface area (Å²) in [5.74, 6) is 0.0833. The molecule has 2 atom stereocenters. The smallest absolute Gasteiger partial charge is 0.240 e. The molecule has 1 aromatic carbocycles. The molecule has 2 N–H and O–H groups in total. The lowest BCUT2D eigenvalue weighted by molar-refractivity contribution is -0.128. The first-order chi connectivity index (χ1) is 9.09. The van der Waals surface area contributed by atoms with Gasteiger partial charge in [0.2, 0.25) is 5.91 Å². The van der Waals surface area contributed by atoms with Crippen LogP contribution in [0.5, 0.6) is 0 Å². The van der Waals surface area contributed by atoms with Crippen LogP contribution in [0.15, 0.2) is 24.3 Å². The van der Waals surface area contributed by atoms with E-state index in [1.165, 1.54) is 0 Å². The Hall–Kier alpha value is -1.06. The molecule has 19 heavy (non-hydrogen) atoms. The highest BCUT2D eigenvalue weighted by Crippen LogP contribution is 2.26. The van der Waals surface area contributed by atoms with E-state index in [0.717, 1.165) is 31.4 Å². The summed E-state index contributed by atoms with van der Waals surface area (Å²) in [6.07, 6.45) is 2.78. The van der Waals surface area contributed by atoms with Crippen LogP contribution in [0.1, 0.15) is 44.7 Å². The van der Waals surface area contributed by atoms with Gasteiger partial charge in [0.1, 0.15) is 0 Å². The van der Waals surface area contributed by atoms with Crippen LogP contribution in [0, 0.1) is 0 Å². The largest absolute Gasteiger partial charge is 0.348 e. The van der Waals surface area contributed by atoms with Gasteiger partial charge >= 0.3 is 0 Å². The number of amides is 1. The summed E-state index contributed by atoms with van der Waals surface area (Å²) in [6.45, 7) is 4.94. The summed E-state index contributed by atoms with van der Waals surface area (Å²) in [5.41, 5.74) is 0.567. The molecular formula is C15H21ClN2O. The fourth-order valence-corrected chi connectivity index (χ4v) is 3.00. The van der Waals surface area contributed by atoms with Crippen molar-refractivity contribution < 1.29 is 4.79 Å². The normalized spacial score (nSPS) is 24.2. The van der Waals surface area contributed by atoms with Crippen LogP contribution in [-0.2, 0) is 4.79 Å². The Kier molecular flexibility index (Phi) is 4.48. The lowest BCUT2D eigenvalue weighted by Crippen LogP contribution is -2.53. The van der Waals surface area contributed by atoms with E-state index in [1.54, 1.807) is 0 Å². The number of carbonyl (C=O) groups is 1. The van der Waals surface area contributed by atoms with E-state index < -0.39 is 5.54 Å². The fraction of sp³-hybridized carbons (Fsp3) is 0.533. The SMILES string of the molecule is CCC1(C(=O)N[C@H](C)c2ccccc2Cl)CCCN1. The number of rotatable bonds is 4. The molecule has 0 saturated carbocycles. The Balaban J connectivity index is 2.08. The van der Waals surface area contributed by atoms with Gasteiger partial charge in [-0.2, -0.15) is 0 Å². The third-order valence-corrected chi connectivity index (χ3v) is 4.35. The Labute approximate surface area is 119 Å². The molecule has 4 heteroatoms. The first kappa shape index (κ1) is 14.4. The molecule has 1 aromatic rings. The second-order valence-electron chi connectivity index (χ2n) is 5.18. The average molecular weight is 281 g/mol. The number of nitrogens with one attached hydrogen (secondary N) is 2. The van der Waals surface area contributed by atoms with E-state index in [2.05, 4.69) is 17.6 Å². The maximum absolute atomic E-state index is 12.5. The molecule has 0 aromatic heterocycles. The van der Waals surface area contributed by atoms with E-state index in [4.69, 9.17) is 11.6 Å². The summed E-state index contributed by atoms with van der Waals surface area (Å²) in [5, 5.41) is 7.13. The van der Waals surface area contributed by atoms with Gasteiger partial charge in [0, 0.05) is 5.02 Å². The lowest BCUT2D eigenvalue weighted by Gasteiger charge is -2.29. The summed E-state index contributed by atoms with van der Waals surface area (Å²) in [4.78, 5) is 12.5. The van der Waals surface area contributed by atoms with Crippen molar-refractivity contribution >= 4 is 17.5 Å². The van der Waals surface area contributed by atoms with Crippen molar-refractivity contribution in [3.05, 3.63) is 34.9 Å². The monoisotopic (exact) mass is 280 g/mol. The Morgan fingerprint density at radius 3 is 2.84 bits per heavy atom. The Bertz CT molecular complexity index is 455. The third kappa shape index (κ3) is 2.93. The predicted octanol–water partition coefficient (Wildman–Crippen LogP) is 3.05. The molecular weight excluding hydrogens is 260 g/mol. The number of carbonyl (C=O) groups excluding carboxylic acids is 1. The first-order valence-electron chi connectivity index (χ1n) is 6.89. The van der Waals surface area contributed by atoms with Crippen LogP contribution in [-0.4, -0.2) is 18.0 Å². The second-order valence-corrected chi connectivity index (χ2v) is 5.59. The predicted molar refractivity (Wildman–Crippen MR) is 78.3 cm³/mol. The first-order valence-corrected chi connectivity index (χ1v) is 7.27. The topological polar surface area (TPSA) is 41.1 Å². The van der Waals surface area contributed by atoms with Gasteiger partial charge in [-0.05, 0) is 44.4 Å². The zero-order chi connectivity index (χ0) is 13.9. The zero-order valence-electron chi connectivity index (χ0n) is 11.5. The van der Waals surface area contributed by atoms with Gasteiger partial charge in [-0.15, -0.1) is 0 Å². The lowest BCUT2D eigenvalue weighted by atomic mass is 9.92. The van der Waals surface area contributed by atoms with Gasteiger partial charge in [-0.25, -0.2) is 0 Å². The van der Waals surface area contributed by atoms with Crippen molar-refractivity contribution in [2.45, 2.75) is 44.7 Å². The molecule has 1 unspecified atom stereocenters. The van der Waals surface area contributed by atoms with Crippen molar-refractivity contribution in [1.29, 1.82) is 0 Å². The summed E-state index contributed by atoms with van der Waals surface area (Å²) >= 11 is 6.16. The number of hydrogen-bond donors (Lipinski definition) is 2. The summed E-state index contributed by atoms with van der Waals surface area (Å²) < 4.78 is 0. The van der Waals surface area contributed by atoms with Crippen LogP contribution < -0.4 is 10.6 Å². The Morgan fingerprint density at radius 2 is 2.26 bits per heavy atom. The molecule has 104 valence electrons. The number of halogens is 1. The number of benzene rings is 1. The van der Waals surface area contributed by atoms with Gasteiger partial charge in [0.15, 0.2) is 0 Å². The van der Waals surface area contributed by atoms with Gasteiger partial charge in [0.05, 0.1) is 11.6 Å². The van der Waals surface area contributed by atoms with Crippen LogP contribution in [0.3, 0.4) is 0 Å². The van der Waals surface area contributed by atoms with Crippen LogP contribution in [0.2, 0.25) is 5.02 Å². The van der Waals surface area contributed by atoms with Gasteiger partial charge in [-0.1, -0.05) is 36.7 Å². The highest BCUT2D eigenvalue weighted by molar-refractivity contribution is 6.31. The minimum Gasteiger partial charge on any atom is -0.348 e. The standard InChI is InChI=1S/C15H21ClN2O/c1-3-15(9-6-10-17-15)14(19)18-11(2)12-7-4-5-8-13(12)16/h4-5,7-8,11,17H,3,6,9-10H2,1-2H3,(H,18,19)/t11-,15?/m1/s1. The fourth-order valence-electron chi connectivity index (χ4n) is 2.70. The minimum absolute atomic E-state index is 0.0768. The van der Waals surface area contributed by atoms with Gasteiger partial charge in [-0.3, -0.25) is 4.79 Å². The highest BCUT2D eigenvalue weighted by atomic mass is 35.5. The number of hydrogen-bond acceptors (Lipinski definition) is 2. The van der Waals surface area contributed by atoms with Gasteiger partial charge < -0.3 is 10.6 Å². The quantitative estimate of drug-likeness (QED) is 0.890. The van der Waals surface area contributed by atoms with Crippen molar-refractivity contribution in [3.63, 3.8) is 0 Å². The zero-order valence-corrected chi connectivity index (χ0v) is 12.3. The van der Waals surface area contributed by atoms with Crippen molar-refractivity contribution in [2.75, 3.05) is 6.54 Å². The third-order valence-electron chi connectivity index (χ3n) is 4.00. The molecule has 3 nitrogen and oxygen atoms in total. The molecule has 1 fully saturated rings. The molecule has 0 radical (unpaired) electrons. The molecule has 1 aliphatic rings. The molecule has 1 amide bonds. The van der Waals surface area contributed by atoms with Crippen molar-refractivity contribution in [1.82, 2.24) is 10.6 Å². The molecule has 0 spiro atoms. The molecule has 2 rings (SSSR count). The van der Waals surface area contributed by atoms with E-state index in [1.807, 2.05) is 31.2 Å². The summed E-state index contributed by atoms with van der Waals surface area (Å²) in [7, 11) is 0. The molecule has 1 heterocycles. The van der Waals surface area contributed by atoms with Crippen LogP contribution in [0.25, 0.3) is 0 Å². The second kappa shape index (κ2) is 5.93. The van der Waals surface area contributed by atoms with E-state index in [9.17, 15) is 4.79 Å². The minimum atomic E-state index is -0.393. The molecule has 0 aliphatic carbocycles. The molecule has 1 saturated heterocycles. The van der Waals surface area contributed by atoms with Crippen molar-refractivity contribution in [2.24, 2.45) is 0 Å². The highest BCUT2D eigenvalue weighted by Gasteiger charge is 2.39. The van der Waals surface area contributed by atoms with Crippen LogP contribution in [0.4, 0.5) is 0 Å². The van der Waals surface area contributed by atoms with Gasteiger partial charge in [0.25, 0.3) is 0 Å². The summed E-state index contributed by atoms with van der Waals surface area (Å²) in [6, 6.07) is 7.56. The maximum Gasteiger partial charge on any atom is 0.240 e. The van der Waals surface area contributed by atoms with E-state index >= 15 is 0 Å². The average Bonchev–Trinajstić information content (AvgIpc) is 2.89. The molecule has 1 aliphatic heterocycles. The molecule has 0 bridgehead atoms. The van der Waals surface area contributed by atoms with Crippen molar-refractivity contribution in [3.8, 4) is 0 Å². The Morgan fingerprint density at radius 1 is 1.53 bits per heavy atom. The van der Waals surface area contributed by atoms with Crippen LogP contribution >= 0.6 is 11.6 Å². The maximum atomic E-state index is 12.5. The van der Waals surface area contributed by atoms with E-state index in [0.29, 0.717) is 5.02 Å².